The Hall–Kier alpha value is -2.81. The number of pyridine rings is 1. The van der Waals surface area contributed by atoms with Gasteiger partial charge in [0.1, 0.15) is 5.75 Å². The molecule has 24 heavy (non-hydrogen) atoms. The first-order chi connectivity index (χ1) is 11.6. The minimum absolute atomic E-state index is 0.00229. The Kier molecular flexibility index (Phi) is 4.52. The van der Waals surface area contributed by atoms with E-state index < -0.39 is 0 Å². The van der Waals surface area contributed by atoms with Gasteiger partial charge >= 0.3 is 0 Å². The lowest BCUT2D eigenvalue weighted by atomic mass is 10.1. The highest BCUT2D eigenvalue weighted by Crippen LogP contribution is 2.22. The molecular weight excluding hydrogens is 298 g/mol. The van der Waals surface area contributed by atoms with Gasteiger partial charge in [-0.05, 0) is 55.3 Å². The largest absolute Gasteiger partial charge is 0.497 e. The van der Waals surface area contributed by atoms with E-state index in [2.05, 4.69) is 32.0 Å². The van der Waals surface area contributed by atoms with Crippen molar-refractivity contribution in [1.29, 1.82) is 0 Å². The molecule has 0 aliphatic rings. The predicted octanol–water partition coefficient (Wildman–Crippen LogP) is 4.19. The Balaban J connectivity index is 2.05. The first-order valence-corrected chi connectivity index (χ1v) is 7.98. The lowest BCUT2D eigenvalue weighted by molar-refractivity contribution is 0.415. The average molecular weight is 319 g/mol. The van der Waals surface area contributed by atoms with E-state index in [1.807, 2.05) is 34.9 Å². The monoisotopic (exact) mass is 319 g/mol. The van der Waals surface area contributed by atoms with E-state index in [1.54, 1.807) is 19.2 Å². The quantitative estimate of drug-likeness (QED) is 0.722. The van der Waals surface area contributed by atoms with Crippen LogP contribution in [0, 0.1) is 13.8 Å². The number of aryl methyl sites for hydroxylation is 2. The van der Waals surface area contributed by atoms with Crippen LogP contribution in [0.5, 0.6) is 5.75 Å². The summed E-state index contributed by atoms with van der Waals surface area (Å²) in [7, 11) is 1.65. The minimum atomic E-state index is 0.00229. The summed E-state index contributed by atoms with van der Waals surface area (Å²) in [5, 5.41) is 0. The van der Waals surface area contributed by atoms with Gasteiger partial charge in [0.15, 0.2) is 0 Å². The van der Waals surface area contributed by atoms with Gasteiger partial charge in [0, 0.05) is 6.07 Å². The minimum Gasteiger partial charge on any atom is -0.497 e. The maximum absolute atomic E-state index is 12.4. The van der Waals surface area contributed by atoms with Crippen LogP contribution in [0.3, 0.4) is 0 Å². The van der Waals surface area contributed by atoms with Crippen LogP contribution in [0.15, 0.2) is 65.5 Å². The van der Waals surface area contributed by atoms with Gasteiger partial charge in [0.05, 0.1) is 19.3 Å². The summed E-state index contributed by atoms with van der Waals surface area (Å²) in [5.41, 5.74) is 5.46. The lowest BCUT2D eigenvalue weighted by Crippen LogP contribution is -2.21. The number of methoxy groups -OCH3 is 1. The van der Waals surface area contributed by atoms with Gasteiger partial charge in [0.25, 0.3) is 5.56 Å². The van der Waals surface area contributed by atoms with Crippen molar-refractivity contribution in [2.45, 2.75) is 20.4 Å². The molecule has 0 aliphatic heterocycles. The molecule has 0 bridgehead atoms. The van der Waals surface area contributed by atoms with Crippen molar-refractivity contribution >= 4 is 0 Å². The number of aromatic nitrogens is 1. The summed E-state index contributed by atoms with van der Waals surface area (Å²) >= 11 is 0. The number of ether oxygens (including phenoxy) is 1. The molecule has 0 N–H and O–H groups in total. The van der Waals surface area contributed by atoms with Gasteiger partial charge in [-0.2, -0.15) is 0 Å². The zero-order valence-corrected chi connectivity index (χ0v) is 14.2. The fourth-order valence-corrected chi connectivity index (χ4v) is 3.04. The van der Waals surface area contributed by atoms with Crippen molar-refractivity contribution in [3.05, 3.63) is 87.7 Å². The van der Waals surface area contributed by atoms with E-state index in [4.69, 9.17) is 4.74 Å². The van der Waals surface area contributed by atoms with E-state index in [9.17, 15) is 4.79 Å². The van der Waals surface area contributed by atoms with Gasteiger partial charge in [-0.15, -0.1) is 0 Å². The molecular formula is C21H21NO2. The standard InChI is InChI=1S/C21H21NO2/c1-15-11-16(2)13-17(12-15)14-22-20(5-4-6-21(22)23)18-7-9-19(24-3)10-8-18/h4-13H,14H2,1-3H3. The van der Waals surface area contributed by atoms with Crippen LogP contribution in [-0.2, 0) is 6.54 Å². The zero-order chi connectivity index (χ0) is 17.1. The molecule has 0 saturated heterocycles. The van der Waals surface area contributed by atoms with Gasteiger partial charge in [-0.1, -0.05) is 35.4 Å². The van der Waals surface area contributed by atoms with Crippen molar-refractivity contribution in [1.82, 2.24) is 4.57 Å². The fourth-order valence-electron chi connectivity index (χ4n) is 3.04. The molecule has 1 aromatic heterocycles. The molecule has 0 atom stereocenters. The highest BCUT2D eigenvalue weighted by atomic mass is 16.5. The van der Waals surface area contributed by atoms with Crippen LogP contribution in [0.25, 0.3) is 11.3 Å². The molecule has 0 amide bonds. The summed E-state index contributed by atoms with van der Waals surface area (Å²) in [6.07, 6.45) is 0. The average Bonchev–Trinajstić information content (AvgIpc) is 2.56. The van der Waals surface area contributed by atoms with Crippen molar-refractivity contribution in [3.8, 4) is 17.0 Å². The third-order valence-electron chi connectivity index (χ3n) is 4.06. The molecule has 0 fully saturated rings. The summed E-state index contributed by atoms with van der Waals surface area (Å²) < 4.78 is 7.03. The Bertz CT molecular complexity index is 888. The summed E-state index contributed by atoms with van der Waals surface area (Å²) in [4.78, 5) is 12.4. The van der Waals surface area contributed by atoms with E-state index in [-0.39, 0.29) is 5.56 Å². The second kappa shape index (κ2) is 6.75. The first-order valence-electron chi connectivity index (χ1n) is 7.98. The number of nitrogens with zero attached hydrogens (tertiary/aromatic N) is 1. The Morgan fingerprint density at radius 3 is 2.21 bits per heavy atom. The molecule has 0 unspecified atom stereocenters. The van der Waals surface area contributed by atoms with Crippen LogP contribution in [0.4, 0.5) is 0 Å². The Morgan fingerprint density at radius 1 is 0.917 bits per heavy atom. The van der Waals surface area contributed by atoms with E-state index >= 15 is 0 Å². The van der Waals surface area contributed by atoms with Crippen molar-refractivity contribution in [2.24, 2.45) is 0 Å². The smallest absolute Gasteiger partial charge is 0.251 e. The zero-order valence-electron chi connectivity index (χ0n) is 14.2. The van der Waals surface area contributed by atoms with Crippen molar-refractivity contribution in [2.75, 3.05) is 7.11 Å². The molecule has 122 valence electrons. The fraction of sp³-hybridized carbons (Fsp3) is 0.190. The maximum atomic E-state index is 12.4. The first kappa shape index (κ1) is 16.1. The van der Waals surface area contributed by atoms with E-state index in [1.165, 1.54) is 11.1 Å². The molecule has 1 heterocycles. The molecule has 0 aliphatic carbocycles. The second-order valence-electron chi connectivity index (χ2n) is 6.06. The molecule has 2 aromatic carbocycles. The second-order valence-corrected chi connectivity index (χ2v) is 6.06. The molecule has 3 nitrogen and oxygen atoms in total. The SMILES string of the molecule is COc1ccc(-c2cccc(=O)n2Cc2cc(C)cc(C)c2)cc1. The third kappa shape index (κ3) is 3.40. The van der Waals surface area contributed by atoms with Gasteiger partial charge in [-0.3, -0.25) is 4.79 Å². The maximum Gasteiger partial charge on any atom is 0.251 e. The molecule has 3 rings (SSSR count). The van der Waals surface area contributed by atoms with Crippen LogP contribution >= 0.6 is 0 Å². The van der Waals surface area contributed by atoms with Gasteiger partial charge < -0.3 is 9.30 Å². The molecule has 0 radical (unpaired) electrons. The topological polar surface area (TPSA) is 31.2 Å². The molecule has 0 spiro atoms. The predicted molar refractivity (Wildman–Crippen MR) is 97.7 cm³/mol. The number of rotatable bonds is 4. The number of hydrogen-bond donors (Lipinski definition) is 0. The van der Waals surface area contributed by atoms with Crippen molar-refractivity contribution < 1.29 is 4.74 Å². The Morgan fingerprint density at radius 2 is 1.58 bits per heavy atom. The molecule has 0 saturated carbocycles. The van der Waals surface area contributed by atoms with Crippen LogP contribution in [0.1, 0.15) is 16.7 Å². The van der Waals surface area contributed by atoms with Crippen LogP contribution in [0.2, 0.25) is 0 Å². The highest BCUT2D eigenvalue weighted by molar-refractivity contribution is 5.60. The summed E-state index contributed by atoms with van der Waals surface area (Å²) in [6, 6.07) is 19.6. The lowest BCUT2D eigenvalue weighted by Gasteiger charge is -2.14. The summed E-state index contributed by atoms with van der Waals surface area (Å²) in [6.45, 7) is 4.72. The van der Waals surface area contributed by atoms with E-state index in [0.717, 1.165) is 22.6 Å². The molecule has 3 heteroatoms. The van der Waals surface area contributed by atoms with Crippen molar-refractivity contribution in [3.63, 3.8) is 0 Å². The molecule has 3 aromatic rings. The highest BCUT2D eigenvalue weighted by Gasteiger charge is 2.08. The van der Waals surface area contributed by atoms with E-state index in [0.29, 0.717) is 6.54 Å². The number of hydrogen-bond acceptors (Lipinski definition) is 2. The van der Waals surface area contributed by atoms with Gasteiger partial charge in [0.2, 0.25) is 0 Å². The third-order valence-corrected chi connectivity index (χ3v) is 4.06. The normalized spacial score (nSPS) is 10.6. The van der Waals surface area contributed by atoms with Crippen LogP contribution < -0.4 is 10.3 Å². The van der Waals surface area contributed by atoms with Crippen LogP contribution in [-0.4, -0.2) is 11.7 Å². The van der Waals surface area contributed by atoms with Gasteiger partial charge in [-0.25, -0.2) is 0 Å². The summed E-state index contributed by atoms with van der Waals surface area (Å²) in [5.74, 6) is 0.804. The Labute approximate surface area is 142 Å². The number of benzene rings is 2.